The minimum atomic E-state index is -3.65. The lowest BCUT2D eigenvalue weighted by molar-refractivity contribution is 0.0997. The summed E-state index contributed by atoms with van der Waals surface area (Å²) < 4.78 is 36.6. The number of benzene rings is 2. The van der Waals surface area contributed by atoms with Gasteiger partial charge >= 0.3 is 0 Å². The SMILES string of the molecule is CCOc1ccc2c(c1)sc(=NC(=O)c1ccc(S(=O)(=O)N(CC(C)C)CC(C)C)cc1)n2CC. The fourth-order valence-corrected chi connectivity index (χ4v) is 6.74. The third-order valence-electron chi connectivity index (χ3n) is 5.36. The predicted molar refractivity (Wildman–Crippen MR) is 141 cm³/mol. The molecule has 0 bridgehead atoms. The van der Waals surface area contributed by atoms with E-state index >= 15 is 0 Å². The van der Waals surface area contributed by atoms with Gasteiger partial charge in [0, 0.05) is 25.2 Å². The molecule has 190 valence electrons. The maximum Gasteiger partial charge on any atom is 0.279 e. The van der Waals surface area contributed by atoms with Crippen LogP contribution in [0.2, 0.25) is 0 Å². The molecule has 0 unspecified atom stereocenters. The molecule has 0 saturated carbocycles. The van der Waals surface area contributed by atoms with Gasteiger partial charge in [-0.25, -0.2) is 8.42 Å². The Bertz CT molecular complexity index is 1330. The van der Waals surface area contributed by atoms with Gasteiger partial charge < -0.3 is 9.30 Å². The minimum Gasteiger partial charge on any atom is -0.494 e. The van der Waals surface area contributed by atoms with Gasteiger partial charge in [0.25, 0.3) is 5.91 Å². The van der Waals surface area contributed by atoms with Crippen molar-refractivity contribution in [1.82, 2.24) is 8.87 Å². The van der Waals surface area contributed by atoms with E-state index in [1.807, 2.05) is 64.3 Å². The predicted octanol–water partition coefficient (Wildman–Crippen LogP) is 5.17. The number of fused-ring (bicyclic) bond motifs is 1. The molecule has 0 spiro atoms. The summed E-state index contributed by atoms with van der Waals surface area (Å²) in [6, 6.07) is 11.9. The van der Waals surface area contributed by atoms with Gasteiger partial charge in [-0.15, -0.1) is 0 Å². The molecular weight excluding hydrogens is 482 g/mol. The number of hydrogen-bond donors (Lipinski definition) is 0. The van der Waals surface area contributed by atoms with Gasteiger partial charge in [0.05, 0.1) is 21.7 Å². The second-order valence-electron chi connectivity index (χ2n) is 9.24. The number of ether oxygens (including phenoxy) is 1. The Hall–Kier alpha value is -2.49. The van der Waals surface area contributed by atoms with Crippen molar-refractivity contribution in [2.24, 2.45) is 16.8 Å². The average molecular weight is 518 g/mol. The van der Waals surface area contributed by atoms with Crippen LogP contribution in [-0.4, -0.2) is 42.9 Å². The van der Waals surface area contributed by atoms with E-state index in [2.05, 4.69) is 4.99 Å². The first-order valence-electron chi connectivity index (χ1n) is 12.0. The van der Waals surface area contributed by atoms with Crippen LogP contribution >= 0.6 is 11.3 Å². The molecule has 35 heavy (non-hydrogen) atoms. The standard InChI is InChI=1S/C26H35N3O4S2/c1-7-29-23-14-11-21(33-8-2)15-24(23)34-26(29)27-25(30)20-9-12-22(13-10-20)35(31,32)28(16-18(3)4)17-19(5)6/h9-15,18-19H,7-8,16-17H2,1-6H3. The highest BCUT2D eigenvalue weighted by atomic mass is 32.2. The number of sulfonamides is 1. The van der Waals surface area contributed by atoms with Gasteiger partial charge in [0.15, 0.2) is 4.80 Å². The number of rotatable bonds is 10. The molecule has 3 rings (SSSR count). The zero-order valence-corrected chi connectivity index (χ0v) is 22.9. The molecule has 0 aliphatic rings. The smallest absolute Gasteiger partial charge is 0.279 e. The summed E-state index contributed by atoms with van der Waals surface area (Å²) in [5.41, 5.74) is 1.34. The number of hydrogen-bond acceptors (Lipinski definition) is 5. The van der Waals surface area contributed by atoms with E-state index in [-0.39, 0.29) is 16.7 Å². The first-order chi connectivity index (χ1) is 16.6. The number of aryl methyl sites for hydroxylation is 1. The second-order valence-corrected chi connectivity index (χ2v) is 12.2. The first-order valence-corrected chi connectivity index (χ1v) is 14.3. The fraction of sp³-hybridized carbons (Fsp3) is 0.462. The maximum atomic E-state index is 13.2. The Labute approximate surface area is 212 Å². The number of carbonyl (C=O) groups is 1. The molecule has 2 aromatic carbocycles. The Balaban J connectivity index is 1.92. The van der Waals surface area contributed by atoms with Crippen molar-refractivity contribution < 1.29 is 17.9 Å². The van der Waals surface area contributed by atoms with E-state index in [1.54, 1.807) is 12.1 Å². The van der Waals surface area contributed by atoms with Crippen LogP contribution < -0.4 is 9.54 Å². The number of aromatic nitrogens is 1. The lowest BCUT2D eigenvalue weighted by atomic mass is 10.2. The lowest BCUT2D eigenvalue weighted by Crippen LogP contribution is -2.37. The van der Waals surface area contributed by atoms with Crippen LogP contribution in [0.4, 0.5) is 0 Å². The van der Waals surface area contributed by atoms with E-state index in [9.17, 15) is 13.2 Å². The van der Waals surface area contributed by atoms with Gasteiger partial charge in [0.2, 0.25) is 10.0 Å². The van der Waals surface area contributed by atoms with E-state index in [1.165, 1.54) is 27.8 Å². The normalized spacial score (nSPS) is 12.9. The van der Waals surface area contributed by atoms with Gasteiger partial charge in [-0.2, -0.15) is 9.30 Å². The highest BCUT2D eigenvalue weighted by Crippen LogP contribution is 2.24. The molecule has 1 aromatic heterocycles. The number of nitrogens with zero attached hydrogens (tertiary/aromatic N) is 3. The molecule has 1 amide bonds. The second kappa shape index (κ2) is 11.5. The summed E-state index contributed by atoms with van der Waals surface area (Å²) >= 11 is 1.43. The molecule has 7 nitrogen and oxygen atoms in total. The molecule has 0 atom stereocenters. The lowest BCUT2D eigenvalue weighted by Gasteiger charge is -2.25. The number of carbonyl (C=O) groups excluding carboxylic acids is 1. The van der Waals surface area contributed by atoms with Gasteiger partial charge in [-0.1, -0.05) is 39.0 Å². The van der Waals surface area contributed by atoms with Crippen molar-refractivity contribution in [3.8, 4) is 5.75 Å². The van der Waals surface area contributed by atoms with E-state index in [4.69, 9.17) is 4.74 Å². The summed E-state index contributed by atoms with van der Waals surface area (Å²) in [5.74, 6) is 0.788. The Morgan fingerprint density at radius 3 is 2.20 bits per heavy atom. The molecule has 0 aliphatic heterocycles. The third kappa shape index (κ3) is 6.39. The van der Waals surface area contributed by atoms with Crippen molar-refractivity contribution in [2.45, 2.75) is 53.0 Å². The fourth-order valence-electron chi connectivity index (χ4n) is 3.86. The number of thiazole rings is 1. The van der Waals surface area contributed by atoms with E-state index in [0.717, 1.165) is 16.0 Å². The van der Waals surface area contributed by atoms with Gasteiger partial charge in [0.1, 0.15) is 5.75 Å². The minimum absolute atomic E-state index is 0.185. The molecule has 0 aliphatic carbocycles. The van der Waals surface area contributed by atoms with Crippen LogP contribution in [0, 0.1) is 11.8 Å². The Morgan fingerprint density at radius 2 is 1.66 bits per heavy atom. The van der Waals surface area contributed by atoms with Crippen molar-refractivity contribution >= 4 is 37.5 Å². The molecule has 3 aromatic rings. The van der Waals surface area contributed by atoms with Crippen LogP contribution in [0.15, 0.2) is 52.4 Å². The zero-order chi connectivity index (χ0) is 25.8. The largest absolute Gasteiger partial charge is 0.494 e. The summed E-state index contributed by atoms with van der Waals surface area (Å²) in [5, 5.41) is 0. The quantitative estimate of drug-likeness (QED) is 0.372. The zero-order valence-electron chi connectivity index (χ0n) is 21.3. The molecule has 0 fully saturated rings. The molecule has 1 heterocycles. The molecule has 0 saturated heterocycles. The average Bonchev–Trinajstić information content (AvgIpc) is 3.14. The van der Waals surface area contributed by atoms with Crippen LogP contribution in [-0.2, 0) is 16.6 Å². The monoisotopic (exact) mass is 517 g/mol. The van der Waals surface area contributed by atoms with E-state index < -0.39 is 15.9 Å². The summed E-state index contributed by atoms with van der Waals surface area (Å²) in [6.45, 7) is 14.1. The maximum absolute atomic E-state index is 13.2. The van der Waals surface area contributed by atoms with Crippen molar-refractivity contribution in [3.05, 3.63) is 52.8 Å². The van der Waals surface area contributed by atoms with E-state index in [0.29, 0.717) is 36.6 Å². The molecular formula is C26H35N3O4S2. The van der Waals surface area contributed by atoms with Crippen LogP contribution in [0.5, 0.6) is 5.75 Å². The van der Waals surface area contributed by atoms with Crippen LogP contribution in [0.25, 0.3) is 10.2 Å². The molecule has 9 heteroatoms. The summed E-state index contributed by atoms with van der Waals surface area (Å²) in [7, 11) is -3.65. The third-order valence-corrected chi connectivity index (χ3v) is 8.24. The first kappa shape index (κ1) is 27.1. The van der Waals surface area contributed by atoms with Gasteiger partial charge in [-0.3, -0.25) is 4.79 Å². The topological polar surface area (TPSA) is 81.0 Å². The molecule has 0 radical (unpaired) electrons. The van der Waals surface area contributed by atoms with Crippen molar-refractivity contribution in [3.63, 3.8) is 0 Å². The van der Waals surface area contributed by atoms with Gasteiger partial charge in [-0.05, 0) is 68.1 Å². The highest BCUT2D eigenvalue weighted by molar-refractivity contribution is 7.89. The van der Waals surface area contributed by atoms with Crippen LogP contribution in [0.1, 0.15) is 51.9 Å². The summed E-state index contributed by atoms with van der Waals surface area (Å²) in [4.78, 5) is 18.1. The summed E-state index contributed by atoms with van der Waals surface area (Å²) in [6.07, 6.45) is 0. The van der Waals surface area contributed by atoms with Crippen LogP contribution in [0.3, 0.4) is 0 Å². The highest BCUT2D eigenvalue weighted by Gasteiger charge is 2.26. The number of amides is 1. The Morgan fingerprint density at radius 1 is 1.03 bits per heavy atom. The Kier molecular flexibility index (Phi) is 8.90. The van der Waals surface area contributed by atoms with Crippen molar-refractivity contribution in [2.75, 3.05) is 19.7 Å². The molecule has 0 N–H and O–H groups in total. The van der Waals surface area contributed by atoms with Crippen molar-refractivity contribution in [1.29, 1.82) is 0 Å².